The lowest BCUT2D eigenvalue weighted by Crippen LogP contribution is -2.21. The Balaban J connectivity index is 1.69. The van der Waals surface area contributed by atoms with Gasteiger partial charge in [-0.3, -0.25) is 0 Å². The van der Waals surface area contributed by atoms with Gasteiger partial charge in [0.2, 0.25) is 5.95 Å². The summed E-state index contributed by atoms with van der Waals surface area (Å²) in [4.78, 5) is 19.4. The van der Waals surface area contributed by atoms with Crippen molar-refractivity contribution in [1.29, 1.82) is 0 Å². The van der Waals surface area contributed by atoms with E-state index < -0.39 is 5.82 Å². The Bertz CT molecular complexity index is 1090. The predicted molar refractivity (Wildman–Crippen MR) is 111 cm³/mol. The summed E-state index contributed by atoms with van der Waals surface area (Å²) in [5.74, 6) is 0.370. The third-order valence-electron chi connectivity index (χ3n) is 4.28. The highest BCUT2D eigenvalue weighted by molar-refractivity contribution is 7.22. The molecule has 0 aliphatic rings. The SMILES string of the molecule is CCN(CC)c1nc2ccc(-c3nc(Nc4cc[c]cn4)ncc3F)cc2s1. The first kappa shape index (κ1) is 18.2. The lowest BCUT2D eigenvalue weighted by molar-refractivity contribution is 0.619. The fourth-order valence-corrected chi connectivity index (χ4v) is 3.96. The number of thiazole rings is 1. The van der Waals surface area contributed by atoms with E-state index in [0.29, 0.717) is 11.4 Å². The molecule has 6 nitrogen and oxygen atoms in total. The third-order valence-corrected chi connectivity index (χ3v) is 5.36. The van der Waals surface area contributed by atoms with Gasteiger partial charge in [-0.05, 0) is 38.1 Å². The summed E-state index contributed by atoms with van der Waals surface area (Å²) in [5.41, 5.74) is 1.81. The van der Waals surface area contributed by atoms with Gasteiger partial charge in [-0.15, -0.1) is 0 Å². The number of rotatable bonds is 6. The van der Waals surface area contributed by atoms with Crippen molar-refractivity contribution in [3.05, 3.63) is 54.6 Å². The van der Waals surface area contributed by atoms with E-state index in [4.69, 9.17) is 0 Å². The minimum Gasteiger partial charge on any atom is -0.349 e. The van der Waals surface area contributed by atoms with Crippen LogP contribution in [0.4, 0.5) is 21.3 Å². The molecule has 3 heterocycles. The van der Waals surface area contributed by atoms with Gasteiger partial charge < -0.3 is 10.2 Å². The maximum absolute atomic E-state index is 14.4. The van der Waals surface area contributed by atoms with Crippen molar-refractivity contribution < 1.29 is 4.39 Å². The summed E-state index contributed by atoms with van der Waals surface area (Å²) in [6.07, 6.45) is 2.70. The standard InChI is InChI=1S/C20H18FN6S/c1-3-27(4-2)20-24-15-9-8-13(11-16(15)28-20)18-14(21)12-23-19(26-18)25-17-7-5-6-10-22-17/h5,7-12H,3-4H2,1-2H3,(H,22,23,25,26). The average molecular weight is 393 g/mol. The van der Waals surface area contributed by atoms with Crippen molar-refractivity contribution in [3.8, 4) is 11.3 Å². The number of benzene rings is 1. The van der Waals surface area contributed by atoms with Gasteiger partial charge in [0, 0.05) is 30.9 Å². The van der Waals surface area contributed by atoms with E-state index >= 15 is 0 Å². The van der Waals surface area contributed by atoms with Crippen LogP contribution in [0.15, 0.2) is 42.7 Å². The van der Waals surface area contributed by atoms with Gasteiger partial charge in [-0.1, -0.05) is 17.4 Å². The number of halogens is 1. The van der Waals surface area contributed by atoms with E-state index in [2.05, 4.69) is 50.1 Å². The summed E-state index contributed by atoms with van der Waals surface area (Å²) >= 11 is 1.60. The molecule has 0 unspecified atom stereocenters. The van der Waals surface area contributed by atoms with Gasteiger partial charge in [0.25, 0.3) is 0 Å². The molecule has 4 aromatic rings. The molecule has 8 heteroatoms. The fraction of sp³-hybridized carbons (Fsp3) is 0.200. The Labute approximate surface area is 166 Å². The summed E-state index contributed by atoms with van der Waals surface area (Å²) in [6, 6.07) is 12.0. The Kier molecular flexibility index (Phi) is 5.12. The minimum absolute atomic E-state index is 0.236. The molecule has 3 aromatic heterocycles. The number of nitrogens with one attached hydrogen (secondary N) is 1. The number of anilines is 3. The van der Waals surface area contributed by atoms with E-state index in [-0.39, 0.29) is 11.6 Å². The number of pyridine rings is 1. The molecule has 0 bridgehead atoms. The Morgan fingerprint density at radius 2 is 2.00 bits per heavy atom. The van der Waals surface area contributed by atoms with Gasteiger partial charge in [0.15, 0.2) is 10.9 Å². The molecule has 1 radical (unpaired) electrons. The molecule has 0 saturated heterocycles. The van der Waals surface area contributed by atoms with E-state index in [1.54, 1.807) is 23.5 Å². The van der Waals surface area contributed by atoms with Crippen LogP contribution in [0.5, 0.6) is 0 Å². The Morgan fingerprint density at radius 1 is 1.14 bits per heavy atom. The zero-order chi connectivity index (χ0) is 19.5. The first-order valence-electron chi connectivity index (χ1n) is 8.95. The summed E-state index contributed by atoms with van der Waals surface area (Å²) < 4.78 is 15.4. The highest BCUT2D eigenvalue weighted by atomic mass is 32.1. The molecule has 1 aromatic carbocycles. The lowest BCUT2D eigenvalue weighted by atomic mass is 10.1. The molecular formula is C20H18FN6S. The van der Waals surface area contributed by atoms with Gasteiger partial charge in [-0.2, -0.15) is 0 Å². The van der Waals surface area contributed by atoms with Crippen molar-refractivity contribution in [3.63, 3.8) is 0 Å². The topological polar surface area (TPSA) is 66.8 Å². The number of fused-ring (bicyclic) bond motifs is 1. The molecule has 4 rings (SSSR count). The molecule has 0 saturated carbocycles. The quantitative estimate of drug-likeness (QED) is 0.513. The van der Waals surface area contributed by atoms with Crippen LogP contribution < -0.4 is 10.2 Å². The molecule has 0 aliphatic heterocycles. The van der Waals surface area contributed by atoms with E-state index in [0.717, 1.165) is 34.6 Å². The molecule has 0 atom stereocenters. The predicted octanol–water partition coefficient (Wildman–Crippen LogP) is 4.68. The van der Waals surface area contributed by atoms with Gasteiger partial charge in [-0.25, -0.2) is 24.3 Å². The highest BCUT2D eigenvalue weighted by Gasteiger charge is 2.14. The molecule has 0 aliphatic carbocycles. The van der Waals surface area contributed by atoms with Crippen LogP contribution >= 0.6 is 11.3 Å². The molecule has 0 amide bonds. The molecule has 28 heavy (non-hydrogen) atoms. The fourth-order valence-electron chi connectivity index (χ4n) is 2.83. The minimum atomic E-state index is -0.479. The smallest absolute Gasteiger partial charge is 0.229 e. The van der Waals surface area contributed by atoms with E-state index in [9.17, 15) is 4.39 Å². The molecular weight excluding hydrogens is 375 g/mol. The second-order valence-electron chi connectivity index (χ2n) is 6.01. The number of hydrogen-bond donors (Lipinski definition) is 1. The van der Waals surface area contributed by atoms with Crippen LogP contribution in [0, 0.1) is 11.9 Å². The molecule has 1 N–H and O–H groups in total. The maximum Gasteiger partial charge on any atom is 0.229 e. The van der Waals surface area contributed by atoms with E-state index in [1.165, 1.54) is 6.20 Å². The number of hydrogen-bond acceptors (Lipinski definition) is 7. The van der Waals surface area contributed by atoms with Crippen molar-refractivity contribution in [2.45, 2.75) is 13.8 Å². The van der Waals surface area contributed by atoms with Crippen LogP contribution in [-0.2, 0) is 0 Å². The Hall–Kier alpha value is -3.13. The van der Waals surface area contributed by atoms with Gasteiger partial charge in [0.05, 0.1) is 16.4 Å². The van der Waals surface area contributed by atoms with Crippen LogP contribution in [0.25, 0.3) is 21.5 Å². The number of aromatic nitrogens is 4. The van der Waals surface area contributed by atoms with Crippen LogP contribution in [-0.4, -0.2) is 33.0 Å². The summed E-state index contributed by atoms with van der Waals surface area (Å²) in [6.45, 7) is 5.99. The zero-order valence-electron chi connectivity index (χ0n) is 15.5. The average Bonchev–Trinajstić information content (AvgIpc) is 3.14. The van der Waals surface area contributed by atoms with Crippen molar-refractivity contribution >= 4 is 38.5 Å². The van der Waals surface area contributed by atoms with Crippen LogP contribution in [0.3, 0.4) is 0 Å². The molecule has 0 fully saturated rings. The Morgan fingerprint density at radius 3 is 2.75 bits per heavy atom. The van der Waals surface area contributed by atoms with Gasteiger partial charge >= 0.3 is 0 Å². The van der Waals surface area contributed by atoms with Crippen molar-refractivity contribution in [2.75, 3.05) is 23.3 Å². The normalized spacial score (nSPS) is 11.0. The van der Waals surface area contributed by atoms with Crippen molar-refractivity contribution in [2.24, 2.45) is 0 Å². The van der Waals surface area contributed by atoms with Crippen LogP contribution in [0.1, 0.15) is 13.8 Å². The maximum atomic E-state index is 14.4. The summed E-state index contributed by atoms with van der Waals surface area (Å²) in [7, 11) is 0. The van der Waals surface area contributed by atoms with E-state index in [1.807, 2.05) is 18.2 Å². The number of nitrogens with zero attached hydrogens (tertiary/aromatic N) is 5. The highest BCUT2D eigenvalue weighted by Crippen LogP contribution is 2.32. The second-order valence-corrected chi connectivity index (χ2v) is 7.02. The van der Waals surface area contributed by atoms with Crippen LogP contribution in [0.2, 0.25) is 0 Å². The third kappa shape index (κ3) is 3.63. The first-order valence-corrected chi connectivity index (χ1v) is 9.77. The van der Waals surface area contributed by atoms with Crippen molar-refractivity contribution in [1.82, 2.24) is 19.9 Å². The summed E-state index contributed by atoms with van der Waals surface area (Å²) in [5, 5.41) is 3.94. The lowest BCUT2D eigenvalue weighted by Gasteiger charge is -2.16. The zero-order valence-corrected chi connectivity index (χ0v) is 16.3. The monoisotopic (exact) mass is 393 g/mol. The second kappa shape index (κ2) is 7.85. The van der Waals surface area contributed by atoms with Gasteiger partial charge in [0.1, 0.15) is 11.5 Å². The molecule has 141 valence electrons. The molecule has 0 spiro atoms. The first-order chi connectivity index (χ1) is 13.7. The largest absolute Gasteiger partial charge is 0.349 e.